The molecule has 0 N–H and O–H groups in total. The van der Waals surface area contributed by atoms with E-state index in [9.17, 15) is 4.79 Å². The van der Waals surface area contributed by atoms with Gasteiger partial charge in [0, 0.05) is 15.6 Å². The van der Waals surface area contributed by atoms with Crippen LogP contribution < -0.4 is 0 Å². The van der Waals surface area contributed by atoms with Crippen LogP contribution in [0.5, 0.6) is 0 Å². The van der Waals surface area contributed by atoms with E-state index in [2.05, 4.69) is 22.5 Å². The second-order valence-electron chi connectivity index (χ2n) is 3.65. The summed E-state index contributed by atoms with van der Waals surface area (Å²) in [6.45, 7) is 5.58. The summed E-state index contributed by atoms with van der Waals surface area (Å²) in [4.78, 5) is 12.1. The van der Waals surface area contributed by atoms with Crippen molar-refractivity contribution in [3.8, 4) is 0 Å². The number of allylic oxidation sites excluding steroid dienone is 5. The maximum absolute atomic E-state index is 12.1. The Kier molecular flexibility index (Phi) is 2.92. The monoisotopic (exact) mass is 274 g/mol. The van der Waals surface area contributed by atoms with Gasteiger partial charge in [-0.2, -0.15) is 0 Å². The predicted molar refractivity (Wildman–Crippen MR) is 70.4 cm³/mol. The zero-order valence-electron chi connectivity index (χ0n) is 8.96. The van der Waals surface area contributed by atoms with Crippen LogP contribution in [0.1, 0.15) is 22.8 Å². The van der Waals surface area contributed by atoms with Gasteiger partial charge in [-0.15, -0.1) is 0 Å². The SMILES string of the molecule is C=C/C=C\C1=C(C)c2ccc(Br)cc2C1=O. The number of fused-ring (bicyclic) bond motifs is 1. The third kappa shape index (κ3) is 1.69. The second-order valence-corrected chi connectivity index (χ2v) is 4.57. The molecule has 0 radical (unpaired) electrons. The summed E-state index contributed by atoms with van der Waals surface area (Å²) in [6, 6.07) is 5.80. The summed E-state index contributed by atoms with van der Waals surface area (Å²) in [5.74, 6) is 0.0897. The van der Waals surface area contributed by atoms with Crippen molar-refractivity contribution < 1.29 is 4.79 Å². The van der Waals surface area contributed by atoms with Gasteiger partial charge in [-0.05, 0) is 30.2 Å². The van der Waals surface area contributed by atoms with E-state index in [1.54, 1.807) is 12.2 Å². The van der Waals surface area contributed by atoms with E-state index < -0.39 is 0 Å². The van der Waals surface area contributed by atoms with Crippen LogP contribution >= 0.6 is 15.9 Å². The molecule has 0 saturated heterocycles. The number of rotatable bonds is 2. The number of carbonyl (C=O) groups is 1. The third-order valence-electron chi connectivity index (χ3n) is 2.68. The van der Waals surface area contributed by atoms with Gasteiger partial charge in [-0.25, -0.2) is 0 Å². The molecule has 0 heterocycles. The zero-order valence-corrected chi connectivity index (χ0v) is 10.5. The Bertz CT molecular complexity index is 536. The Hall–Kier alpha value is -1.41. The minimum absolute atomic E-state index is 0.0897. The van der Waals surface area contributed by atoms with Gasteiger partial charge in [0.2, 0.25) is 0 Å². The molecule has 1 aliphatic carbocycles. The average molecular weight is 275 g/mol. The highest BCUT2D eigenvalue weighted by Crippen LogP contribution is 2.34. The van der Waals surface area contributed by atoms with Crippen molar-refractivity contribution in [3.63, 3.8) is 0 Å². The van der Waals surface area contributed by atoms with Crippen molar-refractivity contribution >= 4 is 27.3 Å². The topological polar surface area (TPSA) is 17.1 Å². The van der Waals surface area contributed by atoms with E-state index in [-0.39, 0.29) is 5.78 Å². The first-order valence-corrected chi connectivity index (χ1v) is 5.79. The third-order valence-corrected chi connectivity index (χ3v) is 3.17. The van der Waals surface area contributed by atoms with Gasteiger partial charge in [-0.3, -0.25) is 4.79 Å². The lowest BCUT2D eigenvalue weighted by atomic mass is 10.1. The van der Waals surface area contributed by atoms with E-state index in [0.717, 1.165) is 26.7 Å². The number of hydrogen-bond acceptors (Lipinski definition) is 1. The van der Waals surface area contributed by atoms with Gasteiger partial charge in [-0.1, -0.05) is 46.8 Å². The molecule has 0 aromatic heterocycles. The number of halogens is 1. The highest BCUT2D eigenvalue weighted by molar-refractivity contribution is 9.10. The lowest BCUT2D eigenvalue weighted by Crippen LogP contribution is -1.96. The summed E-state index contributed by atoms with van der Waals surface area (Å²) in [5, 5.41) is 0. The average Bonchev–Trinajstić information content (AvgIpc) is 2.50. The van der Waals surface area contributed by atoms with Crippen molar-refractivity contribution in [1.82, 2.24) is 0 Å². The zero-order chi connectivity index (χ0) is 11.7. The van der Waals surface area contributed by atoms with Gasteiger partial charge in [0.15, 0.2) is 5.78 Å². The molecule has 0 saturated carbocycles. The van der Waals surface area contributed by atoms with Crippen LogP contribution in [0, 0.1) is 0 Å². The molecule has 0 unspecified atom stereocenters. The van der Waals surface area contributed by atoms with E-state index >= 15 is 0 Å². The van der Waals surface area contributed by atoms with Gasteiger partial charge in [0.05, 0.1) is 0 Å². The predicted octanol–water partition coefficient (Wildman–Crippen LogP) is 4.16. The number of benzene rings is 1. The molecule has 0 atom stereocenters. The van der Waals surface area contributed by atoms with Gasteiger partial charge in [0.1, 0.15) is 0 Å². The fourth-order valence-corrected chi connectivity index (χ4v) is 2.22. The molecule has 1 nitrogen and oxygen atoms in total. The first kappa shape index (κ1) is 11.1. The van der Waals surface area contributed by atoms with E-state index in [4.69, 9.17) is 0 Å². The van der Waals surface area contributed by atoms with Crippen molar-refractivity contribution in [2.45, 2.75) is 6.92 Å². The Morgan fingerprint density at radius 3 is 2.75 bits per heavy atom. The normalized spacial score (nSPS) is 14.8. The molecule has 0 bridgehead atoms. The highest BCUT2D eigenvalue weighted by Gasteiger charge is 2.25. The van der Waals surface area contributed by atoms with E-state index in [1.165, 1.54) is 0 Å². The van der Waals surface area contributed by atoms with Crippen molar-refractivity contribution in [2.24, 2.45) is 0 Å². The molecule has 0 aliphatic heterocycles. The van der Waals surface area contributed by atoms with E-state index in [1.807, 2.05) is 31.2 Å². The summed E-state index contributed by atoms with van der Waals surface area (Å²) >= 11 is 3.38. The lowest BCUT2D eigenvalue weighted by molar-refractivity contribution is 0.104. The largest absolute Gasteiger partial charge is 0.289 e. The van der Waals surface area contributed by atoms with Gasteiger partial charge < -0.3 is 0 Å². The van der Waals surface area contributed by atoms with Crippen molar-refractivity contribution in [3.05, 3.63) is 64.2 Å². The Balaban J connectivity index is 2.55. The van der Waals surface area contributed by atoms with E-state index in [0.29, 0.717) is 0 Å². The summed E-state index contributed by atoms with van der Waals surface area (Å²) in [7, 11) is 0. The molecular formula is C14H11BrO. The summed E-state index contributed by atoms with van der Waals surface area (Å²) < 4.78 is 0.932. The Morgan fingerprint density at radius 1 is 1.31 bits per heavy atom. The number of Topliss-reactive ketones (excluding diaryl/α,β-unsaturated/α-hetero) is 1. The first-order valence-electron chi connectivity index (χ1n) is 4.99. The Morgan fingerprint density at radius 2 is 2.06 bits per heavy atom. The fraction of sp³-hybridized carbons (Fsp3) is 0.0714. The maximum atomic E-state index is 12.1. The highest BCUT2D eigenvalue weighted by atomic mass is 79.9. The molecule has 2 heteroatoms. The number of hydrogen-bond donors (Lipinski definition) is 0. The van der Waals surface area contributed by atoms with Crippen LogP contribution in [-0.4, -0.2) is 5.78 Å². The van der Waals surface area contributed by atoms with Crippen LogP contribution in [0.25, 0.3) is 5.57 Å². The summed E-state index contributed by atoms with van der Waals surface area (Å²) in [6.07, 6.45) is 5.28. The first-order chi connectivity index (χ1) is 7.65. The molecule has 0 spiro atoms. The van der Waals surface area contributed by atoms with Crippen LogP contribution in [0.15, 0.2) is 53.1 Å². The van der Waals surface area contributed by atoms with Crippen molar-refractivity contribution in [2.75, 3.05) is 0 Å². The number of ketones is 1. The lowest BCUT2D eigenvalue weighted by Gasteiger charge is -1.99. The fourth-order valence-electron chi connectivity index (χ4n) is 1.86. The molecule has 1 aromatic rings. The van der Waals surface area contributed by atoms with Crippen LogP contribution in [0.4, 0.5) is 0 Å². The summed E-state index contributed by atoms with van der Waals surface area (Å²) in [5.41, 5.74) is 3.59. The molecule has 2 rings (SSSR count). The quantitative estimate of drug-likeness (QED) is 0.740. The molecule has 80 valence electrons. The standard InChI is InChI=1S/C14H11BrO/c1-3-4-5-12-9(2)11-7-6-10(15)8-13(11)14(12)16/h3-8H,1H2,2H3/b5-4-. The van der Waals surface area contributed by atoms with Gasteiger partial charge >= 0.3 is 0 Å². The van der Waals surface area contributed by atoms with Crippen LogP contribution in [0.3, 0.4) is 0 Å². The molecule has 16 heavy (non-hydrogen) atoms. The minimum atomic E-state index is 0.0897. The Labute approximate surface area is 103 Å². The van der Waals surface area contributed by atoms with Crippen molar-refractivity contribution in [1.29, 1.82) is 0 Å². The maximum Gasteiger partial charge on any atom is 0.193 e. The second kappa shape index (κ2) is 4.22. The molecular weight excluding hydrogens is 264 g/mol. The minimum Gasteiger partial charge on any atom is -0.289 e. The van der Waals surface area contributed by atoms with Gasteiger partial charge in [0.25, 0.3) is 0 Å². The number of carbonyl (C=O) groups excluding carboxylic acids is 1. The van der Waals surface area contributed by atoms with Crippen LogP contribution in [0.2, 0.25) is 0 Å². The molecule has 1 aliphatic rings. The smallest absolute Gasteiger partial charge is 0.193 e. The molecule has 0 amide bonds. The molecule has 1 aromatic carbocycles. The molecule has 0 fully saturated rings. The van der Waals surface area contributed by atoms with Crippen LogP contribution in [-0.2, 0) is 0 Å².